The maximum absolute atomic E-state index is 12.7. The van der Waals surface area contributed by atoms with Gasteiger partial charge in [0.25, 0.3) is 0 Å². The van der Waals surface area contributed by atoms with Crippen LogP contribution in [0.15, 0.2) is 0 Å². The van der Waals surface area contributed by atoms with E-state index < -0.39 is 36.4 Å². The number of hydrogen-bond acceptors (Lipinski definition) is 2. The Bertz CT molecular complexity index is 269. The molecule has 1 aliphatic rings. The van der Waals surface area contributed by atoms with Gasteiger partial charge in [-0.2, -0.15) is 18.4 Å². The molecule has 0 spiro atoms. The molecule has 0 aromatic heterocycles. The zero-order valence-corrected chi connectivity index (χ0v) is 6.36. The van der Waals surface area contributed by atoms with Gasteiger partial charge >= 0.3 is 6.18 Å². The molecule has 1 unspecified atom stereocenters. The van der Waals surface area contributed by atoms with E-state index in [0.717, 1.165) is 0 Å². The van der Waals surface area contributed by atoms with Crippen molar-refractivity contribution in [3.63, 3.8) is 0 Å². The van der Waals surface area contributed by atoms with Crippen LogP contribution in [-0.2, 0) is 4.79 Å². The Balaban J connectivity index is 2.82. The van der Waals surface area contributed by atoms with E-state index in [0.29, 0.717) is 0 Å². The van der Waals surface area contributed by atoms with Crippen molar-refractivity contribution in [3.8, 4) is 6.07 Å². The van der Waals surface area contributed by atoms with Gasteiger partial charge in [-0.05, 0) is 0 Å². The highest BCUT2D eigenvalue weighted by atomic mass is 19.4. The Hall–Kier alpha value is -1.12. The van der Waals surface area contributed by atoms with Gasteiger partial charge in [0.1, 0.15) is 11.2 Å². The van der Waals surface area contributed by atoms with E-state index in [1.807, 2.05) is 0 Å². The molecule has 13 heavy (non-hydrogen) atoms. The number of carbonyl (C=O) groups is 1. The molecule has 1 atom stereocenters. The van der Waals surface area contributed by atoms with Crippen molar-refractivity contribution in [2.24, 2.45) is 5.41 Å². The van der Waals surface area contributed by atoms with Crippen LogP contribution in [0, 0.1) is 16.7 Å². The molecular weight excluding hydrogens is 190 g/mol. The number of halogens is 4. The third-order valence-corrected chi connectivity index (χ3v) is 2.02. The highest BCUT2D eigenvalue weighted by Crippen LogP contribution is 2.47. The summed E-state index contributed by atoms with van der Waals surface area (Å²) in [5.41, 5.74) is -2.16. The molecule has 1 fully saturated rings. The van der Waals surface area contributed by atoms with Crippen LogP contribution < -0.4 is 0 Å². The maximum atomic E-state index is 12.7. The van der Waals surface area contributed by atoms with E-state index in [-0.39, 0.29) is 0 Å². The number of hydrogen-bond donors (Lipinski definition) is 0. The maximum Gasteiger partial charge on any atom is 0.421 e. The topological polar surface area (TPSA) is 40.9 Å². The van der Waals surface area contributed by atoms with E-state index in [4.69, 9.17) is 5.26 Å². The van der Waals surface area contributed by atoms with Crippen LogP contribution >= 0.6 is 0 Å². The van der Waals surface area contributed by atoms with E-state index in [9.17, 15) is 22.4 Å². The Labute approximate surface area is 71.1 Å². The predicted octanol–water partition coefficient (Wildman–Crippen LogP) is 1.76. The van der Waals surface area contributed by atoms with E-state index in [1.54, 1.807) is 0 Å². The van der Waals surface area contributed by atoms with Crippen LogP contribution in [0.3, 0.4) is 0 Å². The second-order valence-electron chi connectivity index (χ2n) is 3.06. The van der Waals surface area contributed by atoms with Crippen molar-refractivity contribution < 1.29 is 22.4 Å². The zero-order chi connectivity index (χ0) is 10.3. The first-order chi connectivity index (χ1) is 5.82. The van der Waals surface area contributed by atoms with Crippen molar-refractivity contribution in [1.82, 2.24) is 0 Å². The zero-order valence-electron chi connectivity index (χ0n) is 6.36. The Kier molecular flexibility index (Phi) is 2.06. The second kappa shape index (κ2) is 2.69. The molecule has 0 heterocycles. The van der Waals surface area contributed by atoms with Crippen LogP contribution in [0.4, 0.5) is 17.6 Å². The number of nitrogens with zero attached hydrogens (tertiary/aromatic N) is 1. The van der Waals surface area contributed by atoms with Crippen molar-refractivity contribution in [1.29, 1.82) is 5.26 Å². The summed E-state index contributed by atoms with van der Waals surface area (Å²) in [7, 11) is 0. The van der Waals surface area contributed by atoms with Crippen LogP contribution in [0.5, 0.6) is 0 Å². The van der Waals surface area contributed by atoms with Crippen molar-refractivity contribution in [2.45, 2.75) is 25.2 Å². The standard InChI is InChI=1S/C7H5F4NO/c8-5(7(9,10)11)6(3-12)1-4(13)2-6/h5H,1-2H2. The minimum Gasteiger partial charge on any atom is -0.300 e. The summed E-state index contributed by atoms with van der Waals surface area (Å²) in [6.07, 6.45) is -9.55. The van der Waals surface area contributed by atoms with E-state index >= 15 is 0 Å². The second-order valence-corrected chi connectivity index (χ2v) is 3.06. The number of ketones is 1. The average molecular weight is 195 g/mol. The summed E-state index contributed by atoms with van der Waals surface area (Å²) in [5, 5.41) is 8.35. The first kappa shape index (κ1) is 9.96. The Morgan fingerprint density at radius 2 is 1.92 bits per heavy atom. The summed E-state index contributed by atoms with van der Waals surface area (Å²) in [5.74, 6) is -0.506. The molecule has 6 heteroatoms. The van der Waals surface area contributed by atoms with Gasteiger partial charge in [0.05, 0.1) is 6.07 Å². The van der Waals surface area contributed by atoms with Gasteiger partial charge in [0.2, 0.25) is 6.17 Å². The number of Topliss-reactive ketones (excluding diaryl/α,β-unsaturated/α-hetero) is 1. The molecule has 0 aromatic rings. The van der Waals surface area contributed by atoms with Gasteiger partial charge in [-0.15, -0.1) is 0 Å². The lowest BCUT2D eigenvalue weighted by atomic mass is 9.65. The fourth-order valence-corrected chi connectivity index (χ4v) is 1.28. The molecule has 1 aliphatic carbocycles. The van der Waals surface area contributed by atoms with Crippen LogP contribution in [-0.4, -0.2) is 18.1 Å². The quantitative estimate of drug-likeness (QED) is 0.598. The predicted molar refractivity (Wildman–Crippen MR) is 33.2 cm³/mol. The average Bonchev–Trinajstić information content (AvgIpc) is 1.95. The SMILES string of the molecule is N#CC1(C(F)C(F)(F)F)CC(=O)C1. The number of alkyl halides is 4. The smallest absolute Gasteiger partial charge is 0.300 e. The van der Waals surface area contributed by atoms with Crippen LogP contribution in [0.2, 0.25) is 0 Å². The monoisotopic (exact) mass is 195 g/mol. The minimum atomic E-state index is -5.06. The lowest BCUT2D eigenvalue weighted by Gasteiger charge is -2.36. The molecule has 2 nitrogen and oxygen atoms in total. The summed E-state index contributed by atoms with van der Waals surface area (Å²) in [6, 6.07) is 1.24. The molecule has 0 amide bonds. The molecule has 0 saturated heterocycles. The summed E-state index contributed by atoms with van der Waals surface area (Å²) in [6.45, 7) is 0. The van der Waals surface area contributed by atoms with Gasteiger partial charge in [-0.3, -0.25) is 4.79 Å². The molecule has 0 bridgehead atoms. The van der Waals surface area contributed by atoms with Gasteiger partial charge in [0, 0.05) is 12.8 Å². The third kappa shape index (κ3) is 1.50. The summed E-state index contributed by atoms with van der Waals surface area (Å²) >= 11 is 0. The fourth-order valence-electron chi connectivity index (χ4n) is 1.28. The Morgan fingerprint density at radius 3 is 2.15 bits per heavy atom. The van der Waals surface area contributed by atoms with Crippen LogP contribution in [0.25, 0.3) is 0 Å². The normalized spacial score (nSPS) is 23.2. The van der Waals surface area contributed by atoms with Crippen molar-refractivity contribution in [3.05, 3.63) is 0 Å². The lowest BCUT2D eigenvalue weighted by molar-refractivity contribution is -0.213. The Morgan fingerprint density at radius 1 is 1.46 bits per heavy atom. The van der Waals surface area contributed by atoms with Crippen molar-refractivity contribution >= 4 is 5.78 Å². The summed E-state index contributed by atoms with van der Waals surface area (Å²) < 4.78 is 48.2. The summed E-state index contributed by atoms with van der Waals surface area (Å²) in [4.78, 5) is 10.4. The van der Waals surface area contributed by atoms with Crippen molar-refractivity contribution in [2.75, 3.05) is 0 Å². The fraction of sp³-hybridized carbons (Fsp3) is 0.714. The highest BCUT2D eigenvalue weighted by Gasteiger charge is 2.61. The number of carbonyl (C=O) groups excluding carboxylic acids is 1. The molecule has 72 valence electrons. The van der Waals surface area contributed by atoms with Crippen LogP contribution in [0.1, 0.15) is 12.8 Å². The van der Waals surface area contributed by atoms with Gasteiger partial charge in [-0.25, -0.2) is 4.39 Å². The number of nitriles is 1. The molecular formula is C7H5F4NO. The molecule has 0 aromatic carbocycles. The number of rotatable bonds is 1. The molecule has 0 radical (unpaired) electrons. The molecule has 0 N–H and O–H groups in total. The van der Waals surface area contributed by atoms with Gasteiger partial charge < -0.3 is 0 Å². The largest absolute Gasteiger partial charge is 0.421 e. The minimum absolute atomic E-state index is 0.506. The van der Waals surface area contributed by atoms with Gasteiger partial charge in [-0.1, -0.05) is 0 Å². The van der Waals surface area contributed by atoms with E-state index in [2.05, 4.69) is 0 Å². The first-order valence-electron chi connectivity index (χ1n) is 3.45. The molecule has 1 rings (SSSR count). The first-order valence-corrected chi connectivity index (χ1v) is 3.45. The molecule has 1 saturated carbocycles. The molecule has 0 aliphatic heterocycles. The van der Waals surface area contributed by atoms with Gasteiger partial charge in [0.15, 0.2) is 0 Å². The third-order valence-electron chi connectivity index (χ3n) is 2.02. The highest BCUT2D eigenvalue weighted by molar-refractivity contribution is 5.87. The van der Waals surface area contributed by atoms with E-state index in [1.165, 1.54) is 6.07 Å². The lowest BCUT2D eigenvalue weighted by Crippen LogP contribution is -2.50.